The molecule has 0 aromatic carbocycles. The average molecular weight is 260 g/mol. The van der Waals surface area contributed by atoms with Crippen LogP contribution in [0.2, 0.25) is 0 Å². The maximum Gasteiger partial charge on any atom is 0.209 e. The van der Waals surface area contributed by atoms with Gasteiger partial charge in [0.2, 0.25) is 10.0 Å². The van der Waals surface area contributed by atoms with Gasteiger partial charge in [0.15, 0.2) is 0 Å². The Morgan fingerprint density at radius 3 is 2.59 bits per heavy atom. The van der Waals surface area contributed by atoms with Crippen molar-refractivity contribution < 1.29 is 12.8 Å². The van der Waals surface area contributed by atoms with Gasteiger partial charge in [-0.05, 0) is 32.9 Å². The average Bonchev–Trinajstić information content (AvgIpc) is 2.63. The summed E-state index contributed by atoms with van der Waals surface area (Å²) < 4.78 is 30.2. The smallest absolute Gasteiger partial charge is 0.209 e. The number of sulfonamides is 1. The van der Waals surface area contributed by atoms with Crippen molar-refractivity contribution in [2.75, 3.05) is 12.8 Å². The van der Waals surface area contributed by atoms with Crippen molar-refractivity contribution in [3.63, 3.8) is 0 Å². The van der Waals surface area contributed by atoms with Crippen LogP contribution in [0, 0.1) is 0 Å². The van der Waals surface area contributed by atoms with Crippen LogP contribution in [-0.4, -0.2) is 26.8 Å². The number of hydrogen-bond acceptors (Lipinski definition) is 4. The lowest BCUT2D eigenvalue weighted by atomic mass is 10.1. The van der Waals surface area contributed by atoms with E-state index in [0.29, 0.717) is 6.54 Å². The van der Waals surface area contributed by atoms with E-state index < -0.39 is 15.6 Å². The number of hydrogen-bond donors (Lipinski definition) is 2. The summed E-state index contributed by atoms with van der Waals surface area (Å²) in [6, 6.07) is 3.76. The van der Waals surface area contributed by atoms with E-state index in [1.807, 2.05) is 32.9 Å². The molecular formula is C11H20N2O3S. The SMILES string of the molecule is CC(NCC(C)(C)NS(C)(=O)=O)c1ccco1. The van der Waals surface area contributed by atoms with Gasteiger partial charge in [-0.2, -0.15) is 0 Å². The number of furan rings is 1. The molecule has 1 rings (SSSR count). The molecule has 0 fully saturated rings. The van der Waals surface area contributed by atoms with Gasteiger partial charge >= 0.3 is 0 Å². The Hall–Kier alpha value is -0.850. The Morgan fingerprint density at radius 2 is 2.12 bits per heavy atom. The fourth-order valence-electron chi connectivity index (χ4n) is 1.58. The summed E-state index contributed by atoms with van der Waals surface area (Å²) in [5.41, 5.74) is -0.533. The molecule has 1 heterocycles. The molecule has 1 aromatic heterocycles. The summed E-state index contributed by atoms with van der Waals surface area (Å²) in [7, 11) is -3.20. The van der Waals surface area contributed by atoms with Crippen molar-refractivity contribution >= 4 is 10.0 Å². The molecule has 0 saturated heterocycles. The Balaban J connectivity index is 2.50. The van der Waals surface area contributed by atoms with Gasteiger partial charge in [-0.1, -0.05) is 0 Å². The van der Waals surface area contributed by atoms with Crippen molar-refractivity contribution in [1.29, 1.82) is 0 Å². The van der Waals surface area contributed by atoms with Crippen molar-refractivity contribution in [1.82, 2.24) is 10.0 Å². The summed E-state index contributed by atoms with van der Waals surface area (Å²) in [6.45, 7) is 6.14. The highest BCUT2D eigenvalue weighted by Gasteiger charge is 2.23. The fourth-order valence-corrected chi connectivity index (χ4v) is 2.66. The molecule has 5 nitrogen and oxygen atoms in total. The van der Waals surface area contributed by atoms with Crippen LogP contribution in [0.25, 0.3) is 0 Å². The predicted molar refractivity (Wildman–Crippen MR) is 67.2 cm³/mol. The summed E-state index contributed by atoms with van der Waals surface area (Å²) in [6.07, 6.45) is 2.78. The van der Waals surface area contributed by atoms with Gasteiger partial charge in [-0.15, -0.1) is 0 Å². The van der Waals surface area contributed by atoms with E-state index in [-0.39, 0.29) is 6.04 Å². The van der Waals surface area contributed by atoms with Gasteiger partial charge in [0.05, 0.1) is 18.6 Å². The second kappa shape index (κ2) is 5.20. The molecule has 0 aliphatic carbocycles. The molecule has 0 radical (unpaired) electrons. The highest BCUT2D eigenvalue weighted by atomic mass is 32.2. The first-order valence-electron chi connectivity index (χ1n) is 5.45. The van der Waals surface area contributed by atoms with Crippen molar-refractivity contribution in [3.8, 4) is 0 Å². The van der Waals surface area contributed by atoms with Crippen molar-refractivity contribution in [2.45, 2.75) is 32.4 Å². The van der Waals surface area contributed by atoms with E-state index in [4.69, 9.17) is 4.42 Å². The lowest BCUT2D eigenvalue weighted by Gasteiger charge is -2.27. The third-order valence-corrected chi connectivity index (χ3v) is 3.21. The van der Waals surface area contributed by atoms with Crippen LogP contribution in [0.4, 0.5) is 0 Å². The van der Waals surface area contributed by atoms with Crippen LogP contribution in [-0.2, 0) is 10.0 Å². The van der Waals surface area contributed by atoms with Gasteiger partial charge in [0.25, 0.3) is 0 Å². The van der Waals surface area contributed by atoms with E-state index in [1.54, 1.807) is 6.26 Å². The van der Waals surface area contributed by atoms with Crippen LogP contribution in [0.3, 0.4) is 0 Å². The number of nitrogens with one attached hydrogen (secondary N) is 2. The molecule has 0 amide bonds. The van der Waals surface area contributed by atoms with E-state index >= 15 is 0 Å². The Labute approximate surface area is 103 Å². The first-order chi connectivity index (χ1) is 7.70. The summed E-state index contributed by atoms with van der Waals surface area (Å²) in [5.74, 6) is 0.833. The maximum absolute atomic E-state index is 11.2. The first kappa shape index (κ1) is 14.2. The minimum absolute atomic E-state index is 0.0469. The van der Waals surface area contributed by atoms with E-state index in [0.717, 1.165) is 12.0 Å². The highest BCUT2D eigenvalue weighted by Crippen LogP contribution is 2.13. The van der Waals surface area contributed by atoms with Crippen LogP contribution >= 0.6 is 0 Å². The van der Waals surface area contributed by atoms with Crippen LogP contribution < -0.4 is 10.0 Å². The minimum Gasteiger partial charge on any atom is -0.468 e. The summed E-state index contributed by atoms with van der Waals surface area (Å²) in [4.78, 5) is 0. The van der Waals surface area contributed by atoms with Gasteiger partial charge < -0.3 is 9.73 Å². The molecule has 6 heteroatoms. The Kier molecular flexibility index (Phi) is 4.35. The normalized spacial score (nSPS) is 14.8. The Bertz CT molecular complexity index is 437. The highest BCUT2D eigenvalue weighted by molar-refractivity contribution is 7.88. The molecule has 1 atom stereocenters. The first-order valence-corrected chi connectivity index (χ1v) is 7.34. The van der Waals surface area contributed by atoms with Crippen LogP contribution in [0.1, 0.15) is 32.6 Å². The molecule has 0 bridgehead atoms. The van der Waals surface area contributed by atoms with Gasteiger partial charge in [-0.3, -0.25) is 0 Å². The molecule has 1 aromatic rings. The second-order valence-corrected chi connectivity index (χ2v) is 6.62. The van der Waals surface area contributed by atoms with Crippen molar-refractivity contribution in [2.24, 2.45) is 0 Å². The zero-order chi connectivity index (χ0) is 13.1. The van der Waals surface area contributed by atoms with Crippen molar-refractivity contribution in [3.05, 3.63) is 24.2 Å². The van der Waals surface area contributed by atoms with E-state index in [9.17, 15) is 8.42 Å². The monoisotopic (exact) mass is 260 g/mol. The molecule has 2 N–H and O–H groups in total. The quantitative estimate of drug-likeness (QED) is 0.807. The van der Waals surface area contributed by atoms with E-state index in [2.05, 4.69) is 10.0 Å². The third kappa shape index (κ3) is 5.34. The zero-order valence-corrected chi connectivity index (χ0v) is 11.5. The molecular weight excluding hydrogens is 240 g/mol. The molecule has 0 aliphatic heterocycles. The maximum atomic E-state index is 11.2. The fraction of sp³-hybridized carbons (Fsp3) is 0.636. The Morgan fingerprint density at radius 1 is 1.47 bits per heavy atom. The van der Waals surface area contributed by atoms with Gasteiger partial charge in [0.1, 0.15) is 5.76 Å². The second-order valence-electron chi connectivity index (χ2n) is 4.88. The minimum atomic E-state index is -3.20. The van der Waals surface area contributed by atoms with Gasteiger partial charge in [0, 0.05) is 12.1 Å². The zero-order valence-electron chi connectivity index (χ0n) is 10.6. The largest absolute Gasteiger partial charge is 0.468 e. The van der Waals surface area contributed by atoms with Gasteiger partial charge in [-0.25, -0.2) is 13.1 Å². The molecule has 0 spiro atoms. The summed E-state index contributed by atoms with van der Waals surface area (Å²) in [5, 5.41) is 3.23. The topological polar surface area (TPSA) is 71.3 Å². The lowest BCUT2D eigenvalue weighted by molar-refractivity contribution is 0.369. The lowest BCUT2D eigenvalue weighted by Crippen LogP contribution is -2.50. The molecule has 17 heavy (non-hydrogen) atoms. The standard InChI is InChI=1S/C11H20N2O3S/c1-9(10-6-5-7-16-10)12-8-11(2,3)13-17(4,14)15/h5-7,9,12-13H,8H2,1-4H3. The number of rotatable bonds is 6. The molecule has 1 unspecified atom stereocenters. The van der Waals surface area contributed by atoms with Crippen LogP contribution in [0.5, 0.6) is 0 Å². The molecule has 0 saturated carbocycles. The summed E-state index contributed by atoms with van der Waals surface area (Å²) >= 11 is 0. The molecule has 98 valence electrons. The van der Waals surface area contributed by atoms with Crippen LogP contribution in [0.15, 0.2) is 22.8 Å². The van der Waals surface area contributed by atoms with E-state index in [1.165, 1.54) is 0 Å². The molecule has 0 aliphatic rings. The predicted octanol–water partition coefficient (Wildman–Crippen LogP) is 1.26. The third-order valence-electron chi connectivity index (χ3n) is 2.28.